The molecule has 2 aliphatic heterocycles. The number of aliphatic hydroxyl groups excluding tert-OH is 1. The summed E-state index contributed by atoms with van der Waals surface area (Å²) < 4.78 is 13.6. The van der Waals surface area contributed by atoms with Gasteiger partial charge in [-0.3, -0.25) is 4.90 Å². The van der Waals surface area contributed by atoms with Gasteiger partial charge in [0.05, 0.1) is 6.61 Å². The highest BCUT2D eigenvalue weighted by molar-refractivity contribution is 5.89. The highest BCUT2D eigenvalue weighted by atomic mass is 19.1. The number of halogens is 1. The molecule has 2 amide bonds. The van der Waals surface area contributed by atoms with Gasteiger partial charge in [-0.15, -0.1) is 0 Å². The van der Waals surface area contributed by atoms with Crippen molar-refractivity contribution in [2.24, 2.45) is 0 Å². The number of nitrogens with zero attached hydrogens (tertiary/aromatic N) is 2. The predicted octanol–water partition coefficient (Wildman–Crippen LogP) is 5.26. The molecular formula is C29H32FN3O2. The van der Waals surface area contributed by atoms with Gasteiger partial charge < -0.3 is 15.3 Å². The molecule has 0 aromatic heterocycles. The molecule has 5 rings (SSSR count). The molecule has 182 valence electrons. The normalized spacial score (nSPS) is 22.5. The molecule has 3 aromatic carbocycles. The van der Waals surface area contributed by atoms with Gasteiger partial charge in [0.15, 0.2) is 0 Å². The van der Waals surface area contributed by atoms with Crippen LogP contribution in [0.2, 0.25) is 0 Å². The predicted molar refractivity (Wildman–Crippen MR) is 137 cm³/mol. The molecule has 2 aliphatic rings. The van der Waals surface area contributed by atoms with Gasteiger partial charge in [-0.2, -0.15) is 0 Å². The van der Waals surface area contributed by atoms with E-state index in [2.05, 4.69) is 65.7 Å². The first kappa shape index (κ1) is 23.5. The van der Waals surface area contributed by atoms with Crippen molar-refractivity contribution in [2.75, 3.05) is 31.6 Å². The first-order valence-corrected chi connectivity index (χ1v) is 12.4. The van der Waals surface area contributed by atoms with Crippen LogP contribution in [0.1, 0.15) is 29.9 Å². The van der Waals surface area contributed by atoms with Crippen molar-refractivity contribution in [2.45, 2.75) is 37.8 Å². The fourth-order valence-corrected chi connectivity index (χ4v) is 5.54. The monoisotopic (exact) mass is 473 g/mol. The van der Waals surface area contributed by atoms with Gasteiger partial charge in [-0.05, 0) is 61.2 Å². The van der Waals surface area contributed by atoms with Gasteiger partial charge in [0.1, 0.15) is 5.82 Å². The van der Waals surface area contributed by atoms with E-state index in [0.29, 0.717) is 18.8 Å². The quantitative estimate of drug-likeness (QED) is 0.544. The van der Waals surface area contributed by atoms with Gasteiger partial charge in [0.2, 0.25) is 0 Å². The van der Waals surface area contributed by atoms with Crippen LogP contribution in [0.3, 0.4) is 0 Å². The molecule has 6 heteroatoms. The molecule has 5 nitrogen and oxygen atoms in total. The Labute approximate surface area is 206 Å². The van der Waals surface area contributed by atoms with E-state index in [9.17, 15) is 14.3 Å². The molecule has 2 N–H and O–H groups in total. The van der Waals surface area contributed by atoms with E-state index in [4.69, 9.17) is 0 Å². The molecule has 0 saturated carbocycles. The van der Waals surface area contributed by atoms with Crippen molar-refractivity contribution in [3.05, 3.63) is 89.7 Å². The van der Waals surface area contributed by atoms with Crippen molar-refractivity contribution in [1.29, 1.82) is 0 Å². The lowest BCUT2D eigenvalue weighted by Gasteiger charge is -2.57. The number of rotatable bonds is 4. The topological polar surface area (TPSA) is 55.8 Å². The lowest BCUT2D eigenvalue weighted by molar-refractivity contribution is -0.0585. The van der Waals surface area contributed by atoms with Crippen LogP contribution < -0.4 is 5.32 Å². The number of carbonyl (C=O) groups excluding carboxylic acids is 1. The number of hydrogen-bond donors (Lipinski definition) is 2. The van der Waals surface area contributed by atoms with Crippen molar-refractivity contribution >= 4 is 11.7 Å². The van der Waals surface area contributed by atoms with Gasteiger partial charge >= 0.3 is 6.03 Å². The van der Waals surface area contributed by atoms with Gasteiger partial charge in [0, 0.05) is 36.8 Å². The Balaban J connectivity index is 1.34. The minimum atomic E-state index is -0.374. The third-order valence-electron chi connectivity index (χ3n) is 7.41. The maximum absolute atomic E-state index is 13.6. The molecule has 3 atom stereocenters. The Hall–Kier alpha value is -3.22. The maximum Gasteiger partial charge on any atom is 0.321 e. The van der Waals surface area contributed by atoms with Crippen LogP contribution in [0.25, 0.3) is 11.1 Å². The van der Waals surface area contributed by atoms with Crippen LogP contribution in [0, 0.1) is 12.7 Å². The van der Waals surface area contributed by atoms with E-state index in [1.165, 1.54) is 34.4 Å². The number of benzene rings is 3. The van der Waals surface area contributed by atoms with Gasteiger partial charge in [-0.1, -0.05) is 60.2 Å². The number of aryl methyl sites for hydroxylation is 1. The number of carbonyl (C=O) groups is 1. The highest BCUT2D eigenvalue weighted by Crippen LogP contribution is 2.42. The number of urea groups is 1. The number of aliphatic hydroxyl groups is 1. The first-order chi connectivity index (χ1) is 17.0. The highest BCUT2D eigenvalue weighted by Gasteiger charge is 2.49. The molecule has 0 bridgehead atoms. The standard InChI is InChI=1S/C29H32FN3O2/c1-20-7-9-21(10-8-20)22-11-13-23(14-12-22)28-26-18-32(15-2-3-16-33(26)27(28)19-34)29(35)31-25-6-4-5-24(30)17-25/h4-14,17,26-28,34H,2-3,15-16,18-19H2,1H3,(H,31,35)/t26-,27-,28+/m0/s1. The lowest BCUT2D eigenvalue weighted by atomic mass is 9.74. The summed E-state index contributed by atoms with van der Waals surface area (Å²) in [6, 6.07) is 23.1. The summed E-state index contributed by atoms with van der Waals surface area (Å²) in [5.74, 6) is -0.227. The molecule has 35 heavy (non-hydrogen) atoms. The van der Waals surface area contributed by atoms with E-state index in [1.54, 1.807) is 12.1 Å². The molecule has 2 fully saturated rings. The van der Waals surface area contributed by atoms with E-state index in [0.717, 1.165) is 19.4 Å². The molecule has 0 radical (unpaired) electrons. The average molecular weight is 474 g/mol. The third-order valence-corrected chi connectivity index (χ3v) is 7.41. The Bertz CT molecular complexity index is 1170. The summed E-state index contributed by atoms with van der Waals surface area (Å²) in [7, 11) is 0. The summed E-state index contributed by atoms with van der Waals surface area (Å²) in [6.07, 6.45) is 1.86. The van der Waals surface area contributed by atoms with Crippen LogP contribution in [0.5, 0.6) is 0 Å². The van der Waals surface area contributed by atoms with E-state index in [1.807, 2.05) is 4.90 Å². The van der Waals surface area contributed by atoms with Gasteiger partial charge in [-0.25, -0.2) is 9.18 Å². The average Bonchev–Trinajstić information content (AvgIpc) is 2.84. The molecule has 0 spiro atoms. The number of anilines is 1. The molecule has 2 heterocycles. The third kappa shape index (κ3) is 4.95. The van der Waals surface area contributed by atoms with Crippen molar-refractivity contribution in [3.63, 3.8) is 0 Å². The van der Waals surface area contributed by atoms with Crippen LogP contribution in [0.4, 0.5) is 14.9 Å². The maximum atomic E-state index is 13.6. The molecule has 3 aromatic rings. The molecule has 0 aliphatic carbocycles. The zero-order chi connectivity index (χ0) is 24.4. The second-order valence-electron chi connectivity index (χ2n) is 9.66. The van der Waals surface area contributed by atoms with E-state index < -0.39 is 0 Å². The smallest absolute Gasteiger partial charge is 0.321 e. The van der Waals surface area contributed by atoms with Crippen LogP contribution in [-0.2, 0) is 0 Å². The molecule has 2 saturated heterocycles. The Morgan fingerprint density at radius 1 is 1.00 bits per heavy atom. The summed E-state index contributed by atoms with van der Waals surface area (Å²) in [5.41, 5.74) is 5.23. The largest absolute Gasteiger partial charge is 0.395 e. The SMILES string of the molecule is Cc1ccc(-c2ccc([C@H]3[C@H](CO)N4CCCCN(C(=O)Nc5cccc(F)c5)C[C@@H]34)cc2)cc1. The minimum Gasteiger partial charge on any atom is -0.395 e. The summed E-state index contributed by atoms with van der Waals surface area (Å²) >= 11 is 0. The van der Waals surface area contributed by atoms with Crippen molar-refractivity contribution < 1.29 is 14.3 Å². The Morgan fingerprint density at radius 3 is 2.37 bits per heavy atom. The summed E-state index contributed by atoms with van der Waals surface area (Å²) in [4.78, 5) is 17.2. The van der Waals surface area contributed by atoms with Crippen molar-refractivity contribution in [1.82, 2.24) is 9.80 Å². The molecular weight excluding hydrogens is 441 g/mol. The van der Waals surface area contributed by atoms with Gasteiger partial charge in [0.25, 0.3) is 0 Å². The van der Waals surface area contributed by atoms with E-state index in [-0.39, 0.29) is 36.5 Å². The second kappa shape index (κ2) is 10.2. The van der Waals surface area contributed by atoms with Crippen LogP contribution in [0.15, 0.2) is 72.8 Å². The van der Waals surface area contributed by atoms with Crippen molar-refractivity contribution in [3.8, 4) is 11.1 Å². The second-order valence-corrected chi connectivity index (χ2v) is 9.66. The first-order valence-electron chi connectivity index (χ1n) is 12.4. The summed E-state index contributed by atoms with van der Waals surface area (Å²) in [5, 5.41) is 13.1. The minimum absolute atomic E-state index is 0.0523. The molecule has 0 unspecified atom stereocenters. The zero-order valence-corrected chi connectivity index (χ0v) is 20.0. The van der Waals surface area contributed by atoms with Crippen LogP contribution >= 0.6 is 0 Å². The fraction of sp³-hybridized carbons (Fsp3) is 0.345. The fourth-order valence-electron chi connectivity index (χ4n) is 5.54. The Morgan fingerprint density at radius 2 is 1.69 bits per heavy atom. The number of fused-ring (bicyclic) bond motifs is 1. The number of hydrogen-bond acceptors (Lipinski definition) is 3. The number of amides is 2. The summed E-state index contributed by atoms with van der Waals surface area (Å²) in [6.45, 7) is 4.33. The van der Waals surface area contributed by atoms with E-state index >= 15 is 0 Å². The number of nitrogens with one attached hydrogen (secondary N) is 1. The van der Waals surface area contributed by atoms with Crippen LogP contribution in [-0.4, -0.2) is 59.3 Å². The Kier molecular flexibility index (Phi) is 6.84. The lowest BCUT2D eigenvalue weighted by Crippen LogP contribution is -2.68. The zero-order valence-electron chi connectivity index (χ0n) is 20.0.